The van der Waals surface area contributed by atoms with Gasteiger partial charge < -0.3 is 19.9 Å². The lowest BCUT2D eigenvalue weighted by Gasteiger charge is -2.30. The molecule has 160 valence electrons. The molecule has 0 fully saturated rings. The van der Waals surface area contributed by atoms with Gasteiger partial charge in [0, 0.05) is 5.92 Å². The van der Waals surface area contributed by atoms with Gasteiger partial charge in [0.05, 0.1) is 6.10 Å². The Morgan fingerprint density at radius 1 is 1.13 bits per heavy atom. The van der Waals surface area contributed by atoms with Crippen molar-refractivity contribution in [3.63, 3.8) is 0 Å². The Balaban J connectivity index is 0.00000320. The number of hydrogen-bond donors (Lipinski definition) is 2. The van der Waals surface area contributed by atoms with Crippen molar-refractivity contribution in [2.24, 2.45) is 0 Å². The Morgan fingerprint density at radius 3 is 2.17 bits per heavy atom. The van der Waals surface area contributed by atoms with Crippen LogP contribution in [0.15, 0.2) is 61.2 Å². The molecule has 1 amide bonds. The van der Waals surface area contributed by atoms with Crippen LogP contribution in [0.3, 0.4) is 0 Å². The topological polar surface area (TPSA) is 84.9 Å². The number of esters is 1. The van der Waals surface area contributed by atoms with Crippen molar-refractivity contribution in [3.05, 3.63) is 72.3 Å². The van der Waals surface area contributed by atoms with E-state index in [1.807, 2.05) is 48.5 Å². The molecule has 0 bridgehead atoms. The van der Waals surface area contributed by atoms with Gasteiger partial charge in [0.15, 0.2) is 5.54 Å². The Kier molecular flexibility index (Phi) is 7.70. The van der Waals surface area contributed by atoms with E-state index in [1.54, 1.807) is 0 Å². The van der Waals surface area contributed by atoms with Crippen molar-refractivity contribution < 1.29 is 24.2 Å². The first-order chi connectivity index (χ1) is 13.9. The second-order valence-corrected chi connectivity index (χ2v) is 7.22. The number of benzene rings is 2. The van der Waals surface area contributed by atoms with E-state index >= 15 is 0 Å². The minimum absolute atomic E-state index is 0. The summed E-state index contributed by atoms with van der Waals surface area (Å²) in [4.78, 5) is 24.7. The number of aliphatic hydroxyl groups is 1. The third-order valence-electron chi connectivity index (χ3n) is 5.30. The minimum Gasteiger partial charge on any atom is -0.460 e. The maximum atomic E-state index is 12.4. The van der Waals surface area contributed by atoms with Gasteiger partial charge in [-0.05, 0) is 36.1 Å². The van der Waals surface area contributed by atoms with Gasteiger partial charge in [-0.25, -0.2) is 9.59 Å². The SMILES string of the molecule is C=CCOC(=O)[C@@](C)(NC(=O)OCC1c2ccccc2-c2ccccc21)[C@H](C)O.S. The number of hydrogen-bond acceptors (Lipinski definition) is 5. The van der Waals surface area contributed by atoms with E-state index in [1.165, 1.54) is 19.9 Å². The molecule has 1 aliphatic rings. The molecule has 0 spiro atoms. The van der Waals surface area contributed by atoms with Crippen LogP contribution in [0.2, 0.25) is 0 Å². The maximum Gasteiger partial charge on any atom is 0.408 e. The highest BCUT2D eigenvalue weighted by Gasteiger charge is 2.42. The number of carbonyl (C=O) groups excluding carboxylic acids is 2. The summed E-state index contributed by atoms with van der Waals surface area (Å²) in [7, 11) is 0. The quantitative estimate of drug-likeness (QED) is 0.520. The van der Waals surface area contributed by atoms with E-state index in [9.17, 15) is 14.7 Å². The third kappa shape index (κ3) is 4.52. The van der Waals surface area contributed by atoms with Crippen molar-refractivity contribution in [1.29, 1.82) is 0 Å². The van der Waals surface area contributed by atoms with Crippen LogP contribution < -0.4 is 5.32 Å². The van der Waals surface area contributed by atoms with Crippen molar-refractivity contribution in [2.45, 2.75) is 31.4 Å². The van der Waals surface area contributed by atoms with Crippen LogP contribution in [0.4, 0.5) is 4.79 Å². The summed E-state index contributed by atoms with van der Waals surface area (Å²) >= 11 is 0. The van der Waals surface area contributed by atoms with Gasteiger partial charge in [-0.2, -0.15) is 13.5 Å². The molecule has 6 nitrogen and oxygen atoms in total. The van der Waals surface area contributed by atoms with Crippen LogP contribution in [-0.4, -0.2) is 42.0 Å². The van der Waals surface area contributed by atoms with Crippen molar-refractivity contribution in [2.75, 3.05) is 13.2 Å². The molecule has 3 rings (SSSR count). The fourth-order valence-electron chi connectivity index (χ4n) is 3.46. The summed E-state index contributed by atoms with van der Waals surface area (Å²) in [6, 6.07) is 16.0. The van der Waals surface area contributed by atoms with Crippen LogP contribution in [0.1, 0.15) is 30.9 Å². The zero-order valence-corrected chi connectivity index (χ0v) is 18.1. The third-order valence-corrected chi connectivity index (χ3v) is 5.30. The van der Waals surface area contributed by atoms with Crippen LogP contribution in [0.25, 0.3) is 11.1 Å². The Morgan fingerprint density at radius 2 is 1.67 bits per heavy atom. The van der Waals surface area contributed by atoms with Crippen LogP contribution in [-0.2, 0) is 14.3 Å². The van der Waals surface area contributed by atoms with Gasteiger partial charge in [0.2, 0.25) is 0 Å². The highest BCUT2D eigenvalue weighted by molar-refractivity contribution is 7.59. The lowest BCUT2D eigenvalue weighted by molar-refractivity contribution is -0.154. The Bertz CT molecular complexity index is 884. The second kappa shape index (κ2) is 9.82. The monoisotopic (exact) mass is 429 g/mol. The molecule has 2 aromatic rings. The van der Waals surface area contributed by atoms with E-state index < -0.39 is 23.7 Å². The first kappa shape index (κ1) is 23.5. The van der Waals surface area contributed by atoms with Gasteiger partial charge in [-0.15, -0.1) is 0 Å². The summed E-state index contributed by atoms with van der Waals surface area (Å²) in [6.45, 7) is 6.36. The van der Waals surface area contributed by atoms with E-state index in [0.29, 0.717) is 0 Å². The lowest BCUT2D eigenvalue weighted by Crippen LogP contribution is -2.59. The first-order valence-electron chi connectivity index (χ1n) is 9.47. The molecule has 0 radical (unpaired) electrons. The molecule has 0 aliphatic heterocycles. The molecule has 2 atom stereocenters. The Hall–Kier alpha value is -2.77. The van der Waals surface area contributed by atoms with Gasteiger partial charge >= 0.3 is 12.1 Å². The molecule has 1 aliphatic carbocycles. The normalized spacial score (nSPS) is 14.9. The number of rotatable bonds is 7. The van der Waals surface area contributed by atoms with Gasteiger partial charge in [0.1, 0.15) is 13.2 Å². The van der Waals surface area contributed by atoms with E-state index in [4.69, 9.17) is 9.47 Å². The van der Waals surface area contributed by atoms with Crippen LogP contribution in [0.5, 0.6) is 0 Å². The molecule has 0 unspecified atom stereocenters. The maximum absolute atomic E-state index is 12.4. The number of fused-ring (bicyclic) bond motifs is 3. The fraction of sp³-hybridized carbons (Fsp3) is 0.304. The van der Waals surface area contributed by atoms with Crippen LogP contribution >= 0.6 is 13.5 Å². The zero-order chi connectivity index (χ0) is 21.0. The van der Waals surface area contributed by atoms with Crippen molar-refractivity contribution in [3.8, 4) is 11.1 Å². The minimum atomic E-state index is -1.63. The molecule has 0 aromatic heterocycles. The van der Waals surface area contributed by atoms with Crippen molar-refractivity contribution >= 4 is 25.6 Å². The smallest absolute Gasteiger partial charge is 0.408 e. The molecule has 0 saturated heterocycles. The summed E-state index contributed by atoms with van der Waals surface area (Å²) in [6.07, 6.45) is -0.570. The Labute approximate surface area is 183 Å². The fourth-order valence-corrected chi connectivity index (χ4v) is 3.46. The number of nitrogens with one attached hydrogen (secondary N) is 1. The second-order valence-electron chi connectivity index (χ2n) is 7.22. The molecule has 0 saturated carbocycles. The average molecular weight is 430 g/mol. The zero-order valence-electron chi connectivity index (χ0n) is 17.1. The number of carbonyl (C=O) groups is 2. The molecule has 7 heteroatoms. The predicted molar refractivity (Wildman–Crippen MR) is 120 cm³/mol. The summed E-state index contributed by atoms with van der Waals surface area (Å²) in [5, 5.41) is 12.5. The number of amides is 1. The van der Waals surface area contributed by atoms with E-state index in [-0.39, 0.29) is 32.6 Å². The average Bonchev–Trinajstić information content (AvgIpc) is 3.04. The molecule has 30 heavy (non-hydrogen) atoms. The molecule has 0 heterocycles. The standard InChI is InChI=1S/C23H25NO5.H2S/c1-4-13-28-21(26)23(3,15(2)25)24-22(27)29-14-20-18-11-7-5-9-16(18)17-10-6-8-12-19(17)20;/h4-12,15,20,25H,1,13-14H2,2-3H3,(H,24,27);1H2/t15-,23-;/m0./s1. The highest BCUT2D eigenvalue weighted by atomic mass is 32.1. The number of ether oxygens (including phenoxy) is 2. The summed E-state index contributed by atoms with van der Waals surface area (Å²) in [5.41, 5.74) is 2.79. The van der Waals surface area contributed by atoms with Gasteiger partial charge in [-0.1, -0.05) is 61.2 Å². The summed E-state index contributed by atoms with van der Waals surface area (Å²) in [5.74, 6) is -0.861. The molecular weight excluding hydrogens is 402 g/mol. The van der Waals surface area contributed by atoms with Crippen molar-refractivity contribution in [1.82, 2.24) is 5.32 Å². The molecular formula is C23H27NO5S. The molecule has 2 N–H and O–H groups in total. The first-order valence-corrected chi connectivity index (χ1v) is 9.47. The van der Waals surface area contributed by atoms with E-state index in [2.05, 4.69) is 11.9 Å². The molecule has 2 aromatic carbocycles. The van der Waals surface area contributed by atoms with Gasteiger partial charge in [-0.3, -0.25) is 0 Å². The van der Waals surface area contributed by atoms with E-state index in [0.717, 1.165) is 22.3 Å². The lowest BCUT2D eigenvalue weighted by atomic mass is 9.96. The largest absolute Gasteiger partial charge is 0.460 e. The highest BCUT2D eigenvalue weighted by Crippen LogP contribution is 2.44. The van der Waals surface area contributed by atoms with Crippen LogP contribution in [0, 0.1) is 0 Å². The van der Waals surface area contributed by atoms with Gasteiger partial charge in [0.25, 0.3) is 0 Å². The number of alkyl carbamates (subject to hydrolysis) is 1. The predicted octanol–water partition coefficient (Wildman–Crippen LogP) is 3.51. The number of aliphatic hydroxyl groups excluding tert-OH is 1. The summed E-state index contributed by atoms with van der Waals surface area (Å²) < 4.78 is 10.5.